The summed E-state index contributed by atoms with van der Waals surface area (Å²) in [6, 6.07) is 0. The van der Waals surface area contributed by atoms with E-state index in [9.17, 15) is 13.2 Å². The van der Waals surface area contributed by atoms with Crippen molar-refractivity contribution < 1.29 is 17.7 Å². The van der Waals surface area contributed by atoms with Gasteiger partial charge in [0.15, 0.2) is 0 Å². The zero-order valence-corrected chi connectivity index (χ0v) is 7.76. The van der Waals surface area contributed by atoms with E-state index in [0.29, 0.717) is 0 Å². The Hall–Kier alpha value is -1.00. The van der Waals surface area contributed by atoms with Gasteiger partial charge < -0.3 is 0 Å². The van der Waals surface area contributed by atoms with E-state index in [0.717, 1.165) is 12.5 Å². The molecule has 0 fully saturated rings. The van der Waals surface area contributed by atoms with Gasteiger partial charge in [-0.2, -0.15) is 0 Å². The van der Waals surface area contributed by atoms with Crippen LogP contribution in [0, 0.1) is 0 Å². The van der Waals surface area contributed by atoms with Gasteiger partial charge in [0.05, 0.1) is 0 Å². The molecule has 1 heterocycles. The van der Waals surface area contributed by atoms with Crippen LogP contribution in [-0.2, 0) is 11.8 Å². The monoisotopic (exact) mass is 193 g/mol. The molecule has 0 aliphatic heterocycles. The molecule has 1 aromatic heterocycles. The summed E-state index contributed by atoms with van der Waals surface area (Å²) in [5.74, 6) is 0. The minimum Gasteiger partial charge on any atom is -0.232 e. The average Bonchev–Trinajstić information content (AvgIpc) is 2.28. The maximum atomic E-state index is 12.1. The second-order valence-electron chi connectivity index (χ2n) is 3.87. The summed E-state index contributed by atoms with van der Waals surface area (Å²) in [4.78, 5) is 0. The van der Waals surface area contributed by atoms with Crippen LogP contribution in [0.15, 0.2) is 18.7 Å². The van der Waals surface area contributed by atoms with Gasteiger partial charge in [-0.3, -0.25) is 0 Å². The molecule has 13 heavy (non-hydrogen) atoms. The Labute approximate surface area is 74.6 Å². The average molecular weight is 193 g/mol. The largest absolute Gasteiger partial charge is 0.567 e. The third kappa shape index (κ3) is 2.23. The zero-order valence-electron chi connectivity index (χ0n) is 7.76. The standard InChI is InChI=1S/C8H12F3N2/c1-7(2,3)12-4-5-13(6-12)8(9,10)11/h4-6H,1-3H3/q+1. The Morgan fingerprint density at radius 1 is 1.15 bits per heavy atom. The molecule has 5 heteroatoms. The second-order valence-corrected chi connectivity index (χ2v) is 3.87. The van der Waals surface area contributed by atoms with Gasteiger partial charge in [0.2, 0.25) is 0 Å². The van der Waals surface area contributed by atoms with Crippen LogP contribution in [0.3, 0.4) is 0 Å². The van der Waals surface area contributed by atoms with E-state index in [1.807, 2.05) is 20.8 Å². The fourth-order valence-corrected chi connectivity index (χ4v) is 0.901. The fourth-order valence-electron chi connectivity index (χ4n) is 0.901. The molecule has 0 aliphatic carbocycles. The molecule has 1 aromatic rings. The molecule has 0 amide bonds. The van der Waals surface area contributed by atoms with Crippen LogP contribution in [0.2, 0.25) is 0 Å². The Balaban J connectivity index is 3.01. The molecule has 0 spiro atoms. The number of rotatable bonds is 0. The first-order chi connectivity index (χ1) is 5.71. The molecular formula is C8H12F3N2+. The minimum atomic E-state index is -4.32. The molecule has 0 unspecified atom stereocenters. The lowest BCUT2D eigenvalue weighted by Crippen LogP contribution is -2.48. The molecule has 0 saturated heterocycles. The van der Waals surface area contributed by atoms with E-state index in [1.165, 1.54) is 10.8 Å². The van der Waals surface area contributed by atoms with Crippen molar-refractivity contribution in [3.63, 3.8) is 0 Å². The van der Waals surface area contributed by atoms with Gasteiger partial charge in [-0.05, 0) is 20.8 Å². The van der Waals surface area contributed by atoms with Crippen molar-refractivity contribution in [2.24, 2.45) is 0 Å². The van der Waals surface area contributed by atoms with Crippen LogP contribution < -0.4 is 4.57 Å². The van der Waals surface area contributed by atoms with Gasteiger partial charge in [0.25, 0.3) is 6.33 Å². The van der Waals surface area contributed by atoms with E-state index in [-0.39, 0.29) is 10.1 Å². The second kappa shape index (κ2) is 2.75. The van der Waals surface area contributed by atoms with Crippen molar-refractivity contribution in [2.75, 3.05) is 0 Å². The van der Waals surface area contributed by atoms with E-state index in [4.69, 9.17) is 0 Å². The predicted octanol–water partition coefficient (Wildman–Crippen LogP) is 2.01. The first-order valence-electron chi connectivity index (χ1n) is 3.88. The van der Waals surface area contributed by atoms with Crippen LogP contribution in [0.4, 0.5) is 13.2 Å². The van der Waals surface area contributed by atoms with Crippen molar-refractivity contribution in [3.8, 4) is 0 Å². The summed E-state index contributed by atoms with van der Waals surface area (Å²) in [5, 5.41) is 0. The van der Waals surface area contributed by atoms with Crippen molar-refractivity contribution in [1.82, 2.24) is 4.57 Å². The van der Waals surface area contributed by atoms with Crippen LogP contribution in [0.1, 0.15) is 20.8 Å². The Morgan fingerprint density at radius 3 is 1.92 bits per heavy atom. The SMILES string of the molecule is CC(C)(C)[n+]1ccn(C(F)(F)F)c1. The minimum absolute atomic E-state index is 0.234. The molecule has 0 aliphatic rings. The van der Waals surface area contributed by atoms with E-state index in [1.54, 1.807) is 0 Å². The van der Waals surface area contributed by atoms with Gasteiger partial charge >= 0.3 is 6.30 Å². The summed E-state index contributed by atoms with van der Waals surface area (Å²) in [6.07, 6.45) is -0.866. The quantitative estimate of drug-likeness (QED) is 0.557. The highest BCUT2D eigenvalue weighted by molar-refractivity contribution is 4.70. The van der Waals surface area contributed by atoms with Crippen molar-refractivity contribution in [1.29, 1.82) is 0 Å². The number of aromatic nitrogens is 2. The van der Waals surface area contributed by atoms with Gasteiger partial charge in [-0.15, -0.1) is 17.7 Å². The van der Waals surface area contributed by atoms with Crippen LogP contribution >= 0.6 is 0 Å². The van der Waals surface area contributed by atoms with Crippen molar-refractivity contribution >= 4 is 0 Å². The zero-order chi connectivity index (χ0) is 10.3. The van der Waals surface area contributed by atoms with Crippen LogP contribution in [0.25, 0.3) is 0 Å². The topological polar surface area (TPSA) is 8.81 Å². The molecule has 2 nitrogen and oxygen atoms in total. The summed E-state index contributed by atoms with van der Waals surface area (Å²) in [6.45, 7) is 5.52. The highest BCUT2D eigenvalue weighted by Crippen LogP contribution is 2.20. The Kier molecular flexibility index (Phi) is 2.13. The molecule has 0 aromatic carbocycles. The van der Waals surface area contributed by atoms with Crippen LogP contribution in [0.5, 0.6) is 0 Å². The third-order valence-electron chi connectivity index (χ3n) is 1.70. The summed E-state index contributed by atoms with van der Waals surface area (Å²) in [7, 11) is 0. The Bertz CT molecular complexity index is 265. The lowest BCUT2D eigenvalue weighted by atomic mass is 10.1. The van der Waals surface area contributed by atoms with Gasteiger partial charge in [-0.1, -0.05) is 0 Å². The molecular weight excluding hydrogens is 181 g/mol. The summed E-state index contributed by atoms with van der Waals surface area (Å²) in [5.41, 5.74) is -0.323. The molecule has 74 valence electrons. The highest BCUT2D eigenvalue weighted by atomic mass is 19.4. The number of imidazole rings is 1. The number of hydrogen-bond acceptors (Lipinski definition) is 0. The Morgan fingerprint density at radius 2 is 1.69 bits per heavy atom. The lowest BCUT2D eigenvalue weighted by molar-refractivity contribution is -0.754. The molecule has 1 rings (SSSR count). The van der Waals surface area contributed by atoms with Crippen LogP contribution in [-0.4, -0.2) is 4.57 Å². The molecule has 0 N–H and O–H groups in total. The normalized spacial score (nSPS) is 13.4. The first kappa shape index (κ1) is 10.1. The van der Waals surface area contributed by atoms with E-state index < -0.39 is 6.30 Å². The summed E-state index contributed by atoms with van der Waals surface area (Å²) >= 11 is 0. The smallest absolute Gasteiger partial charge is 0.232 e. The molecule has 0 saturated carbocycles. The van der Waals surface area contributed by atoms with Gasteiger partial charge in [0, 0.05) is 0 Å². The van der Waals surface area contributed by atoms with Gasteiger partial charge in [0.1, 0.15) is 17.9 Å². The van der Waals surface area contributed by atoms with Gasteiger partial charge in [-0.25, -0.2) is 4.57 Å². The number of halogens is 3. The van der Waals surface area contributed by atoms with Crippen molar-refractivity contribution in [2.45, 2.75) is 32.6 Å². The fraction of sp³-hybridized carbons (Fsp3) is 0.625. The summed E-state index contributed by atoms with van der Waals surface area (Å²) < 4.78 is 38.2. The number of alkyl halides is 3. The number of nitrogens with zero attached hydrogens (tertiary/aromatic N) is 2. The molecule has 0 bridgehead atoms. The predicted molar refractivity (Wildman–Crippen MR) is 40.9 cm³/mol. The lowest BCUT2D eigenvalue weighted by Gasteiger charge is -2.13. The highest BCUT2D eigenvalue weighted by Gasteiger charge is 2.38. The third-order valence-corrected chi connectivity index (χ3v) is 1.70. The number of hydrogen-bond donors (Lipinski definition) is 0. The molecule has 0 atom stereocenters. The maximum Gasteiger partial charge on any atom is 0.567 e. The molecule has 0 radical (unpaired) electrons. The maximum absolute atomic E-state index is 12.1. The van der Waals surface area contributed by atoms with E-state index >= 15 is 0 Å². The van der Waals surface area contributed by atoms with E-state index in [2.05, 4.69) is 0 Å². The first-order valence-corrected chi connectivity index (χ1v) is 3.88. The van der Waals surface area contributed by atoms with Crippen molar-refractivity contribution in [3.05, 3.63) is 18.7 Å².